The normalized spacial score (nSPS) is 24.8. The lowest BCUT2D eigenvalue weighted by atomic mass is 9.92. The van der Waals surface area contributed by atoms with Gasteiger partial charge in [-0.1, -0.05) is 6.92 Å². The van der Waals surface area contributed by atoms with Crippen LogP contribution in [-0.4, -0.2) is 24.7 Å². The number of pyridine rings is 1. The monoisotopic (exact) mass is 235 g/mol. The number of nitrogens with zero attached hydrogens (tertiary/aromatic N) is 2. The lowest BCUT2D eigenvalue weighted by Gasteiger charge is -2.38. The molecule has 1 aliphatic heterocycles. The largest absolute Gasteiger partial charge is 0.479 e. The molecule has 4 heteroatoms. The van der Waals surface area contributed by atoms with E-state index < -0.39 is 0 Å². The second-order valence-corrected chi connectivity index (χ2v) is 4.82. The molecule has 1 fully saturated rings. The zero-order chi connectivity index (χ0) is 12.4. The predicted molar refractivity (Wildman–Crippen MR) is 70.4 cm³/mol. The number of hydrogen-bond donors (Lipinski definition) is 1. The molecule has 94 valence electrons. The molecule has 17 heavy (non-hydrogen) atoms. The first kappa shape index (κ1) is 12.0. The fraction of sp³-hybridized carbons (Fsp3) is 0.615. The zero-order valence-electron chi connectivity index (χ0n) is 10.8. The van der Waals surface area contributed by atoms with Crippen molar-refractivity contribution in [2.75, 3.05) is 24.3 Å². The van der Waals surface area contributed by atoms with Crippen LogP contribution < -0.4 is 15.4 Å². The molecule has 0 aliphatic carbocycles. The Bertz CT molecular complexity index is 394. The molecule has 1 aliphatic rings. The van der Waals surface area contributed by atoms with Gasteiger partial charge < -0.3 is 15.4 Å². The number of methoxy groups -OCH3 is 1. The van der Waals surface area contributed by atoms with Crippen molar-refractivity contribution in [3.63, 3.8) is 0 Å². The number of piperidine rings is 1. The Morgan fingerprint density at radius 2 is 2.18 bits per heavy atom. The summed E-state index contributed by atoms with van der Waals surface area (Å²) in [5.74, 6) is 2.19. The van der Waals surface area contributed by atoms with Crippen LogP contribution in [0.4, 0.5) is 11.5 Å². The Morgan fingerprint density at radius 3 is 2.88 bits per heavy atom. The lowest BCUT2D eigenvalue weighted by Crippen LogP contribution is -2.42. The van der Waals surface area contributed by atoms with Gasteiger partial charge in [-0.05, 0) is 37.8 Å². The first-order valence-corrected chi connectivity index (χ1v) is 6.20. The number of nitrogen functional groups attached to an aromatic ring is 1. The summed E-state index contributed by atoms with van der Waals surface area (Å²) < 4.78 is 5.18. The minimum Gasteiger partial charge on any atom is -0.479 e. The third-order valence-electron chi connectivity index (χ3n) is 3.74. The summed E-state index contributed by atoms with van der Waals surface area (Å²) in [5, 5.41) is 0. The lowest BCUT2D eigenvalue weighted by molar-refractivity contribution is 0.358. The SMILES string of the molecule is COc1nc(N2CCCC(C)C2C)ccc1N. The summed E-state index contributed by atoms with van der Waals surface area (Å²) in [5.41, 5.74) is 6.38. The van der Waals surface area contributed by atoms with Gasteiger partial charge in [-0.15, -0.1) is 0 Å². The highest BCUT2D eigenvalue weighted by Gasteiger charge is 2.25. The molecule has 2 heterocycles. The van der Waals surface area contributed by atoms with Crippen molar-refractivity contribution in [3.05, 3.63) is 12.1 Å². The number of anilines is 2. The van der Waals surface area contributed by atoms with Crippen LogP contribution >= 0.6 is 0 Å². The average molecular weight is 235 g/mol. The summed E-state index contributed by atoms with van der Waals surface area (Å²) in [6.45, 7) is 5.62. The highest BCUT2D eigenvalue weighted by atomic mass is 16.5. The van der Waals surface area contributed by atoms with E-state index in [0.717, 1.165) is 12.4 Å². The molecule has 1 aromatic heterocycles. The Hall–Kier alpha value is -1.45. The van der Waals surface area contributed by atoms with Gasteiger partial charge in [0.2, 0.25) is 5.88 Å². The van der Waals surface area contributed by atoms with Crippen LogP contribution in [-0.2, 0) is 0 Å². The molecule has 0 aromatic carbocycles. The van der Waals surface area contributed by atoms with E-state index in [1.54, 1.807) is 7.11 Å². The average Bonchev–Trinajstić information content (AvgIpc) is 2.34. The van der Waals surface area contributed by atoms with Crippen molar-refractivity contribution in [3.8, 4) is 5.88 Å². The topological polar surface area (TPSA) is 51.4 Å². The van der Waals surface area contributed by atoms with Crippen LogP contribution in [0.1, 0.15) is 26.7 Å². The van der Waals surface area contributed by atoms with Gasteiger partial charge in [0, 0.05) is 12.6 Å². The number of nitrogens with two attached hydrogens (primary N) is 1. The van der Waals surface area contributed by atoms with Gasteiger partial charge in [0.25, 0.3) is 0 Å². The van der Waals surface area contributed by atoms with E-state index in [0.29, 0.717) is 23.5 Å². The first-order chi connectivity index (χ1) is 8.13. The molecule has 4 nitrogen and oxygen atoms in total. The van der Waals surface area contributed by atoms with Crippen LogP contribution in [0.3, 0.4) is 0 Å². The maximum Gasteiger partial charge on any atom is 0.238 e. The highest BCUT2D eigenvalue weighted by Crippen LogP contribution is 2.29. The second-order valence-electron chi connectivity index (χ2n) is 4.82. The second kappa shape index (κ2) is 4.82. The van der Waals surface area contributed by atoms with E-state index in [2.05, 4.69) is 23.7 Å². The van der Waals surface area contributed by atoms with Crippen LogP contribution in [0.2, 0.25) is 0 Å². The molecule has 2 unspecified atom stereocenters. The molecule has 0 spiro atoms. The fourth-order valence-corrected chi connectivity index (χ4v) is 2.42. The van der Waals surface area contributed by atoms with Gasteiger partial charge in [0.1, 0.15) is 5.82 Å². The van der Waals surface area contributed by atoms with Crippen LogP contribution in [0.5, 0.6) is 5.88 Å². The molecule has 0 bridgehead atoms. The number of rotatable bonds is 2. The third-order valence-corrected chi connectivity index (χ3v) is 3.74. The van der Waals surface area contributed by atoms with E-state index in [1.807, 2.05) is 12.1 Å². The number of ether oxygens (including phenoxy) is 1. The van der Waals surface area contributed by atoms with Gasteiger partial charge in [-0.25, -0.2) is 0 Å². The van der Waals surface area contributed by atoms with E-state index in [9.17, 15) is 0 Å². The van der Waals surface area contributed by atoms with Gasteiger partial charge >= 0.3 is 0 Å². The Labute approximate surface area is 103 Å². The van der Waals surface area contributed by atoms with Crippen molar-refractivity contribution in [2.45, 2.75) is 32.7 Å². The van der Waals surface area contributed by atoms with E-state index in [1.165, 1.54) is 12.8 Å². The molecular weight excluding hydrogens is 214 g/mol. The smallest absolute Gasteiger partial charge is 0.238 e. The van der Waals surface area contributed by atoms with Crippen molar-refractivity contribution in [2.24, 2.45) is 5.92 Å². The minimum absolute atomic E-state index is 0.518. The van der Waals surface area contributed by atoms with Crippen LogP contribution in [0, 0.1) is 5.92 Å². The molecule has 0 saturated carbocycles. The quantitative estimate of drug-likeness (QED) is 0.854. The van der Waals surface area contributed by atoms with Gasteiger partial charge in [-0.3, -0.25) is 0 Å². The Balaban J connectivity index is 2.27. The zero-order valence-corrected chi connectivity index (χ0v) is 10.8. The third kappa shape index (κ3) is 2.30. The van der Waals surface area contributed by atoms with E-state index >= 15 is 0 Å². The van der Waals surface area contributed by atoms with Crippen molar-refractivity contribution in [1.82, 2.24) is 4.98 Å². The summed E-state index contributed by atoms with van der Waals surface area (Å²) in [6, 6.07) is 4.36. The van der Waals surface area contributed by atoms with Gasteiger partial charge in [0.15, 0.2) is 0 Å². The Kier molecular flexibility index (Phi) is 3.41. The van der Waals surface area contributed by atoms with Gasteiger partial charge in [-0.2, -0.15) is 4.98 Å². The fourth-order valence-electron chi connectivity index (χ4n) is 2.42. The summed E-state index contributed by atoms with van der Waals surface area (Å²) >= 11 is 0. The summed E-state index contributed by atoms with van der Waals surface area (Å²) in [6.07, 6.45) is 2.52. The standard InChI is InChI=1S/C13H21N3O/c1-9-5-4-8-16(10(9)2)12-7-6-11(14)13(15-12)17-3/h6-7,9-10H,4-5,8,14H2,1-3H3. The Morgan fingerprint density at radius 1 is 1.41 bits per heavy atom. The summed E-state index contributed by atoms with van der Waals surface area (Å²) in [4.78, 5) is 6.82. The van der Waals surface area contributed by atoms with E-state index in [4.69, 9.17) is 10.5 Å². The molecule has 0 amide bonds. The van der Waals surface area contributed by atoms with E-state index in [-0.39, 0.29) is 0 Å². The maximum absolute atomic E-state index is 5.79. The molecule has 2 rings (SSSR count). The predicted octanol–water partition coefficient (Wildman–Crippen LogP) is 2.30. The molecular formula is C13H21N3O. The van der Waals surface area contributed by atoms with Crippen molar-refractivity contribution in [1.29, 1.82) is 0 Å². The van der Waals surface area contributed by atoms with Crippen molar-refractivity contribution >= 4 is 11.5 Å². The number of aromatic nitrogens is 1. The van der Waals surface area contributed by atoms with Crippen LogP contribution in [0.25, 0.3) is 0 Å². The minimum atomic E-state index is 0.518. The van der Waals surface area contributed by atoms with Crippen molar-refractivity contribution < 1.29 is 4.74 Å². The summed E-state index contributed by atoms with van der Waals surface area (Å²) in [7, 11) is 1.60. The molecule has 2 N–H and O–H groups in total. The number of hydrogen-bond acceptors (Lipinski definition) is 4. The molecule has 1 aromatic rings. The molecule has 1 saturated heterocycles. The maximum atomic E-state index is 5.79. The molecule has 2 atom stereocenters. The molecule has 0 radical (unpaired) electrons. The highest BCUT2D eigenvalue weighted by molar-refractivity contribution is 5.55. The first-order valence-electron chi connectivity index (χ1n) is 6.20. The van der Waals surface area contributed by atoms with Crippen LogP contribution in [0.15, 0.2) is 12.1 Å². The van der Waals surface area contributed by atoms with Gasteiger partial charge in [0.05, 0.1) is 12.8 Å².